The van der Waals surface area contributed by atoms with Gasteiger partial charge in [0.2, 0.25) is 5.89 Å². The summed E-state index contributed by atoms with van der Waals surface area (Å²) in [5.41, 5.74) is 1.13. The highest BCUT2D eigenvalue weighted by molar-refractivity contribution is 5.93. The summed E-state index contributed by atoms with van der Waals surface area (Å²) in [7, 11) is 0. The number of fused-ring (bicyclic) bond motifs is 1. The van der Waals surface area contributed by atoms with Crippen LogP contribution >= 0.6 is 0 Å². The molecule has 5 heteroatoms. The molecule has 0 aliphatic carbocycles. The van der Waals surface area contributed by atoms with Crippen LogP contribution in [0.4, 0.5) is 0 Å². The molecule has 1 aromatic heterocycles. The average molecular weight is 259 g/mol. The number of hydrogen-bond donors (Lipinski definition) is 0. The second-order valence-corrected chi connectivity index (χ2v) is 4.34. The van der Waals surface area contributed by atoms with E-state index in [1.165, 1.54) is 6.92 Å². The molecule has 1 aliphatic rings. The summed E-state index contributed by atoms with van der Waals surface area (Å²) in [5.74, 6) is 2.22. The number of Topliss-reactive ketones (excluding diaryl/α,β-unsaturated/α-hetero) is 1. The Morgan fingerprint density at radius 1 is 1.21 bits per heavy atom. The fourth-order valence-corrected chi connectivity index (χ4v) is 2.02. The molecule has 0 unspecified atom stereocenters. The summed E-state index contributed by atoms with van der Waals surface area (Å²) < 4.78 is 16.5. The van der Waals surface area contributed by atoms with Crippen LogP contribution in [-0.4, -0.2) is 24.0 Å². The Balaban J connectivity index is 2.02. The summed E-state index contributed by atoms with van der Waals surface area (Å²) in [6, 6.07) is 5.46. The Morgan fingerprint density at radius 2 is 1.95 bits per heavy atom. The summed E-state index contributed by atoms with van der Waals surface area (Å²) >= 11 is 0. The van der Waals surface area contributed by atoms with Crippen molar-refractivity contribution in [3.05, 3.63) is 29.7 Å². The monoisotopic (exact) mass is 259 g/mol. The van der Waals surface area contributed by atoms with E-state index in [1.807, 2.05) is 18.2 Å². The van der Waals surface area contributed by atoms with Gasteiger partial charge in [0, 0.05) is 12.5 Å². The summed E-state index contributed by atoms with van der Waals surface area (Å²) in [6.07, 6.45) is 0. The van der Waals surface area contributed by atoms with Crippen molar-refractivity contribution in [1.29, 1.82) is 0 Å². The third-order valence-corrected chi connectivity index (χ3v) is 2.92. The van der Waals surface area contributed by atoms with Crippen LogP contribution < -0.4 is 9.47 Å². The third kappa shape index (κ3) is 2.07. The topological polar surface area (TPSA) is 61.6 Å². The number of aryl methyl sites for hydroxylation is 1. The van der Waals surface area contributed by atoms with E-state index < -0.39 is 0 Å². The molecular formula is C14H13NO4. The number of hydrogen-bond acceptors (Lipinski definition) is 5. The van der Waals surface area contributed by atoms with Gasteiger partial charge in [-0.25, -0.2) is 4.98 Å². The fourth-order valence-electron chi connectivity index (χ4n) is 2.02. The Kier molecular flexibility index (Phi) is 2.74. The van der Waals surface area contributed by atoms with Crippen LogP contribution in [0.3, 0.4) is 0 Å². The van der Waals surface area contributed by atoms with Crippen molar-refractivity contribution in [2.45, 2.75) is 13.8 Å². The van der Waals surface area contributed by atoms with Gasteiger partial charge < -0.3 is 13.9 Å². The minimum absolute atomic E-state index is 0.106. The Labute approximate surface area is 110 Å². The van der Waals surface area contributed by atoms with Crippen LogP contribution in [0.2, 0.25) is 0 Å². The van der Waals surface area contributed by atoms with Crippen molar-refractivity contribution in [2.24, 2.45) is 0 Å². The van der Waals surface area contributed by atoms with Gasteiger partial charge in [-0.3, -0.25) is 4.79 Å². The normalized spacial score (nSPS) is 13.4. The van der Waals surface area contributed by atoms with E-state index in [1.54, 1.807) is 6.92 Å². The predicted octanol–water partition coefficient (Wildman–Crippen LogP) is 2.62. The van der Waals surface area contributed by atoms with Gasteiger partial charge in [0.1, 0.15) is 24.7 Å². The van der Waals surface area contributed by atoms with E-state index in [2.05, 4.69) is 4.98 Å². The maximum atomic E-state index is 11.4. The maximum absolute atomic E-state index is 11.4. The van der Waals surface area contributed by atoms with Gasteiger partial charge in [0.05, 0.1) is 0 Å². The number of oxazole rings is 1. The molecule has 0 bridgehead atoms. The Hall–Kier alpha value is -2.30. The van der Waals surface area contributed by atoms with Gasteiger partial charge in [0.25, 0.3) is 0 Å². The first-order valence-electron chi connectivity index (χ1n) is 6.03. The molecule has 3 rings (SSSR count). The molecule has 0 atom stereocenters. The number of rotatable bonds is 2. The first kappa shape index (κ1) is 11.8. The zero-order valence-electron chi connectivity index (χ0n) is 10.7. The molecule has 0 N–H and O–H groups in total. The molecule has 0 saturated heterocycles. The molecule has 2 aromatic rings. The van der Waals surface area contributed by atoms with Crippen molar-refractivity contribution < 1.29 is 18.7 Å². The second-order valence-electron chi connectivity index (χ2n) is 4.34. The molecular weight excluding hydrogens is 246 g/mol. The first-order valence-corrected chi connectivity index (χ1v) is 6.03. The molecule has 98 valence electrons. The molecule has 19 heavy (non-hydrogen) atoms. The van der Waals surface area contributed by atoms with Crippen LogP contribution in [-0.2, 0) is 0 Å². The second kappa shape index (κ2) is 4.42. The number of carbonyl (C=O) groups is 1. The maximum Gasteiger partial charge on any atom is 0.227 e. The van der Waals surface area contributed by atoms with Crippen molar-refractivity contribution in [3.63, 3.8) is 0 Å². The summed E-state index contributed by atoms with van der Waals surface area (Å²) in [5, 5.41) is 0. The number of aromatic nitrogens is 1. The minimum Gasteiger partial charge on any atom is -0.486 e. The average Bonchev–Trinajstić information content (AvgIpc) is 2.80. The zero-order chi connectivity index (χ0) is 13.4. The van der Waals surface area contributed by atoms with E-state index in [9.17, 15) is 4.79 Å². The lowest BCUT2D eigenvalue weighted by Gasteiger charge is -2.18. The van der Waals surface area contributed by atoms with Gasteiger partial charge in [-0.1, -0.05) is 0 Å². The van der Waals surface area contributed by atoms with Crippen molar-refractivity contribution in [1.82, 2.24) is 4.98 Å². The van der Waals surface area contributed by atoms with Gasteiger partial charge >= 0.3 is 0 Å². The number of benzene rings is 1. The van der Waals surface area contributed by atoms with Crippen LogP contribution in [0.5, 0.6) is 11.5 Å². The van der Waals surface area contributed by atoms with Crippen molar-refractivity contribution in [2.75, 3.05) is 13.2 Å². The largest absolute Gasteiger partial charge is 0.486 e. The SMILES string of the molecule is CC(=O)c1nc(-c2ccc3c(c2)OCCO3)oc1C. The summed E-state index contributed by atoms with van der Waals surface area (Å²) in [4.78, 5) is 15.6. The van der Waals surface area contributed by atoms with Gasteiger partial charge in [-0.15, -0.1) is 0 Å². The van der Waals surface area contributed by atoms with E-state index in [-0.39, 0.29) is 5.78 Å². The van der Waals surface area contributed by atoms with E-state index >= 15 is 0 Å². The predicted molar refractivity (Wildman–Crippen MR) is 67.7 cm³/mol. The van der Waals surface area contributed by atoms with Crippen molar-refractivity contribution >= 4 is 5.78 Å². The lowest BCUT2D eigenvalue weighted by molar-refractivity contribution is 0.101. The zero-order valence-corrected chi connectivity index (χ0v) is 10.7. The highest BCUT2D eigenvalue weighted by Crippen LogP contribution is 2.34. The standard InChI is InChI=1S/C14H13NO4/c1-8(16)13-9(2)19-14(15-13)10-3-4-11-12(7-10)18-6-5-17-11/h3-4,7H,5-6H2,1-2H3. The van der Waals surface area contributed by atoms with E-state index in [0.29, 0.717) is 42.1 Å². The molecule has 1 aromatic carbocycles. The van der Waals surface area contributed by atoms with Crippen LogP contribution in [0.15, 0.2) is 22.6 Å². The number of nitrogens with zero attached hydrogens (tertiary/aromatic N) is 1. The molecule has 5 nitrogen and oxygen atoms in total. The molecule has 0 saturated carbocycles. The molecule has 0 spiro atoms. The number of ketones is 1. The van der Waals surface area contributed by atoms with Crippen LogP contribution in [0, 0.1) is 6.92 Å². The lowest BCUT2D eigenvalue weighted by atomic mass is 10.2. The smallest absolute Gasteiger partial charge is 0.227 e. The quantitative estimate of drug-likeness (QED) is 0.776. The summed E-state index contributed by atoms with van der Waals surface area (Å²) in [6.45, 7) is 4.28. The lowest BCUT2D eigenvalue weighted by Crippen LogP contribution is -2.15. The fraction of sp³-hybridized carbons (Fsp3) is 0.286. The highest BCUT2D eigenvalue weighted by atomic mass is 16.6. The molecule has 2 heterocycles. The highest BCUT2D eigenvalue weighted by Gasteiger charge is 2.17. The molecule has 0 fully saturated rings. The van der Waals surface area contributed by atoms with Gasteiger partial charge in [0.15, 0.2) is 17.3 Å². The van der Waals surface area contributed by atoms with E-state index in [4.69, 9.17) is 13.9 Å². The van der Waals surface area contributed by atoms with Crippen molar-refractivity contribution in [3.8, 4) is 23.0 Å². The molecule has 0 radical (unpaired) electrons. The van der Waals surface area contributed by atoms with Crippen LogP contribution in [0.1, 0.15) is 23.2 Å². The van der Waals surface area contributed by atoms with E-state index in [0.717, 1.165) is 5.56 Å². The molecule has 1 aliphatic heterocycles. The third-order valence-electron chi connectivity index (χ3n) is 2.92. The first-order chi connectivity index (χ1) is 9.15. The van der Waals surface area contributed by atoms with Crippen LogP contribution in [0.25, 0.3) is 11.5 Å². The van der Waals surface area contributed by atoms with Gasteiger partial charge in [-0.2, -0.15) is 0 Å². The van der Waals surface area contributed by atoms with Gasteiger partial charge in [-0.05, 0) is 25.1 Å². The Morgan fingerprint density at radius 3 is 2.63 bits per heavy atom. The number of ether oxygens (including phenoxy) is 2. The minimum atomic E-state index is -0.106. The molecule has 0 amide bonds. The number of carbonyl (C=O) groups excluding carboxylic acids is 1. The Bertz CT molecular complexity index is 645.